The second-order valence-corrected chi connectivity index (χ2v) is 7.42. The van der Waals surface area contributed by atoms with Crippen molar-refractivity contribution in [2.24, 2.45) is 0 Å². The van der Waals surface area contributed by atoms with E-state index in [1.807, 2.05) is 52.8 Å². The number of aryl methyl sites for hydroxylation is 1. The molecule has 1 aliphatic heterocycles. The molecule has 0 saturated carbocycles. The maximum absolute atomic E-state index is 13.2. The van der Waals surface area contributed by atoms with Gasteiger partial charge in [-0.3, -0.25) is 4.79 Å². The summed E-state index contributed by atoms with van der Waals surface area (Å²) in [5.74, 6) is 0.982. The number of nitrogens with one attached hydrogen (secondary N) is 1. The highest BCUT2D eigenvalue weighted by molar-refractivity contribution is 5.81. The zero-order chi connectivity index (χ0) is 20.0. The highest BCUT2D eigenvalue weighted by Crippen LogP contribution is 2.33. The molecule has 0 bridgehead atoms. The van der Waals surface area contributed by atoms with Gasteiger partial charge in [0, 0.05) is 12.5 Å². The van der Waals surface area contributed by atoms with Crippen LogP contribution in [-0.4, -0.2) is 42.0 Å². The van der Waals surface area contributed by atoms with Crippen LogP contribution in [0.5, 0.6) is 5.75 Å². The van der Waals surface area contributed by atoms with E-state index in [-0.39, 0.29) is 24.1 Å². The Hall–Kier alpha value is -3.61. The third-order valence-corrected chi connectivity index (χ3v) is 5.60. The van der Waals surface area contributed by atoms with Crippen LogP contribution in [0.4, 0.5) is 0 Å². The number of aromatic hydroxyl groups is 1. The Bertz CT molecular complexity index is 1210. The van der Waals surface area contributed by atoms with E-state index in [4.69, 9.17) is 0 Å². The van der Waals surface area contributed by atoms with Crippen LogP contribution < -0.4 is 0 Å². The SMILES string of the molecule is Cc1nc2ccccc2n1CC(=O)N1Cc2[nH]cnc2C(c2cccc(O)c2)C1. The van der Waals surface area contributed by atoms with Crippen LogP contribution in [0.25, 0.3) is 11.0 Å². The van der Waals surface area contributed by atoms with E-state index < -0.39 is 0 Å². The number of nitrogens with zero attached hydrogens (tertiary/aromatic N) is 4. The van der Waals surface area contributed by atoms with Gasteiger partial charge in [-0.05, 0) is 36.8 Å². The molecule has 2 aromatic heterocycles. The van der Waals surface area contributed by atoms with Crippen molar-refractivity contribution in [2.75, 3.05) is 6.54 Å². The molecule has 0 saturated heterocycles. The summed E-state index contributed by atoms with van der Waals surface area (Å²) < 4.78 is 1.96. The molecular formula is C22H21N5O2. The van der Waals surface area contributed by atoms with Crippen molar-refractivity contribution in [3.63, 3.8) is 0 Å². The number of imidazole rings is 2. The topological polar surface area (TPSA) is 87.0 Å². The number of aromatic amines is 1. The molecule has 1 aliphatic rings. The Labute approximate surface area is 167 Å². The molecule has 0 fully saturated rings. The number of carbonyl (C=O) groups excluding carboxylic acids is 1. The minimum atomic E-state index is -0.0818. The van der Waals surface area contributed by atoms with Gasteiger partial charge in [-0.15, -0.1) is 0 Å². The standard InChI is InChI=1S/C22H21N5O2/c1-14-25-18-7-2-3-8-20(18)27(14)12-21(29)26-10-17(15-5-4-6-16(28)9-15)22-19(11-26)23-13-24-22/h2-9,13,17,28H,10-12H2,1H3,(H,23,24). The third kappa shape index (κ3) is 3.04. The third-order valence-electron chi connectivity index (χ3n) is 5.60. The fraction of sp³-hybridized carbons (Fsp3) is 0.227. The lowest BCUT2D eigenvalue weighted by molar-refractivity contribution is -0.133. The second kappa shape index (κ2) is 6.77. The lowest BCUT2D eigenvalue weighted by atomic mass is 9.90. The summed E-state index contributed by atoms with van der Waals surface area (Å²) in [5.41, 5.74) is 4.67. The minimum Gasteiger partial charge on any atom is -0.508 e. The molecule has 5 rings (SSSR count). The summed E-state index contributed by atoms with van der Waals surface area (Å²) >= 11 is 0. The van der Waals surface area contributed by atoms with E-state index in [0.717, 1.165) is 33.8 Å². The van der Waals surface area contributed by atoms with Gasteiger partial charge in [0.2, 0.25) is 5.91 Å². The van der Waals surface area contributed by atoms with Crippen molar-refractivity contribution in [2.45, 2.75) is 25.9 Å². The van der Waals surface area contributed by atoms with Crippen molar-refractivity contribution in [1.82, 2.24) is 24.4 Å². The summed E-state index contributed by atoms with van der Waals surface area (Å²) in [4.78, 5) is 27.3. The summed E-state index contributed by atoms with van der Waals surface area (Å²) in [6.45, 7) is 3.18. The van der Waals surface area contributed by atoms with E-state index in [1.54, 1.807) is 18.5 Å². The van der Waals surface area contributed by atoms with Gasteiger partial charge in [-0.2, -0.15) is 0 Å². The zero-order valence-corrected chi connectivity index (χ0v) is 16.0. The molecule has 0 spiro atoms. The van der Waals surface area contributed by atoms with Gasteiger partial charge in [0.05, 0.1) is 35.3 Å². The molecule has 1 atom stereocenters. The molecule has 7 heteroatoms. The van der Waals surface area contributed by atoms with Crippen molar-refractivity contribution >= 4 is 16.9 Å². The smallest absolute Gasteiger partial charge is 0.242 e. The van der Waals surface area contributed by atoms with Gasteiger partial charge in [0.1, 0.15) is 18.1 Å². The average molecular weight is 387 g/mol. The molecule has 1 amide bonds. The number of amides is 1. The molecule has 3 heterocycles. The summed E-state index contributed by atoms with van der Waals surface area (Å²) in [6, 6.07) is 15.0. The number of rotatable bonds is 3. The van der Waals surface area contributed by atoms with Crippen molar-refractivity contribution in [3.05, 3.63) is 77.6 Å². The number of phenols is 1. The van der Waals surface area contributed by atoms with Gasteiger partial charge in [-0.1, -0.05) is 24.3 Å². The molecule has 4 aromatic rings. The molecule has 7 nitrogen and oxygen atoms in total. The predicted molar refractivity (Wildman–Crippen MR) is 108 cm³/mol. The number of aromatic nitrogens is 4. The number of hydrogen-bond acceptors (Lipinski definition) is 4. The molecule has 0 radical (unpaired) electrons. The lowest BCUT2D eigenvalue weighted by Crippen LogP contribution is -2.40. The van der Waals surface area contributed by atoms with Crippen molar-refractivity contribution in [1.29, 1.82) is 0 Å². The van der Waals surface area contributed by atoms with Crippen LogP contribution in [0.3, 0.4) is 0 Å². The van der Waals surface area contributed by atoms with E-state index >= 15 is 0 Å². The summed E-state index contributed by atoms with van der Waals surface area (Å²) in [5, 5.41) is 9.90. The van der Waals surface area contributed by atoms with E-state index in [1.165, 1.54) is 0 Å². The minimum absolute atomic E-state index is 0.0293. The van der Waals surface area contributed by atoms with Gasteiger partial charge in [0.15, 0.2) is 0 Å². The number of para-hydroxylation sites is 2. The maximum Gasteiger partial charge on any atom is 0.242 e. The Morgan fingerprint density at radius 2 is 2.10 bits per heavy atom. The zero-order valence-electron chi connectivity index (χ0n) is 16.0. The normalized spacial score (nSPS) is 16.2. The van der Waals surface area contributed by atoms with Gasteiger partial charge in [0.25, 0.3) is 0 Å². The molecule has 1 unspecified atom stereocenters. The first kappa shape index (κ1) is 17.5. The molecule has 0 aliphatic carbocycles. The van der Waals surface area contributed by atoms with Crippen LogP contribution in [0.15, 0.2) is 54.9 Å². The Morgan fingerprint density at radius 3 is 2.97 bits per heavy atom. The van der Waals surface area contributed by atoms with Crippen LogP contribution in [0.1, 0.15) is 28.7 Å². The van der Waals surface area contributed by atoms with E-state index in [9.17, 15) is 9.90 Å². The summed E-state index contributed by atoms with van der Waals surface area (Å²) in [6.07, 6.45) is 1.67. The van der Waals surface area contributed by atoms with Crippen LogP contribution in [0.2, 0.25) is 0 Å². The predicted octanol–water partition coefficient (Wildman–Crippen LogP) is 2.95. The first-order valence-electron chi connectivity index (χ1n) is 9.61. The lowest BCUT2D eigenvalue weighted by Gasteiger charge is -2.32. The second-order valence-electron chi connectivity index (χ2n) is 7.42. The van der Waals surface area contributed by atoms with E-state index in [2.05, 4.69) is 15.0 Å². The maximum atomic E-state index is 13.2. The molecule has 2 N–H and O–H groups in total. The van der Waals surface area contributed by atoms with Crippen molar-refractivity contribution in [3.8, 4) is 5.75 Å². The van der Waals surface area contributed by atoms with Crippen LogP contribution in [0, 0.1) is 6.92 Å². The number of hydrogen-bond donors (Lipinski definition) is 2. The molecular weight excluding hydrogens is 366 g/mol. The number of benzene rings is 2. The number of fused-ring (bicyclic) bond motifs is 2. The molecule has 29 heavy (non-hydrogen) atoms. The first-order chi connectivity index (χ1) is 14.1. The Balaban J connectivity index is 1.45. The van der Waals surface area contributed by atoms with Crippen LogP contribution in [-0.2, 0) is 17.9 Å². The highest BCUT2D eigenvalue weighted by Gasteiger charge is 2.31. The van der Waals surface area contributed by atoms with Gasteiger partial charge in [-0.25, -0.2) is 9.97 Å². The van der Waals surface area contributed by atoms with E-state index in [0.29, 0.717) is 13.1 Å². The number of phenolic OH excluding ortho intramolecular Hbond substituents is 1. The quantitative estimate of drug-likeness (QED) is 0.566. The number of H-pyrrole nitrogens is 1. The Morgan fingerprint density at radius 1 is 1.24 bits per heavy atom. The van der Waals surface area contributed by atoms with Crippen LogP contribution >= 0.6 is 0 Å². The summed E-state index contributed by atoms with van der Waals surface area (Å²) in [7, 11) is 0. The largest absolute Gasteiger partial charge is 0.508 e. The average Bonchev–Trinajstić information content (AvgIpc) is 3.31. The molecule has 2 aromatic carbocycles. The van der Waals surface area contributed by atoms with Crippen molar-refractivity contribution < 1.29 is 9.90 Å². The fourth-order valence-electron chi connectivity index (χ4n) is 4.15. The Kier molecular flexibility index (Phi) is 4.08. The van der Waals surface area contributed by atoms with Gasteiger partial charge < -0.3 is 19.6 Å². The fourth-order valence-corrected chi connectivity index (χ4v) is 4.15. The number of carbonyl (C=O) groups is 1. The van der Waals surface area contributed by atoms with Gasteiger partial charge >= 0.3 is 0 Å². The monoisotopic (exact) mass is 387 g/mol. The first-order valence-corrected chi connectivity index (χ1v) is 9.61. The molecule has 146 valence electrons. The highest BCUT2D eigenvalue weighted by atomic mass is 16.3.